The highest BCUT2D eigenvalue weighted by Crippen LogP contribution is 2.43. The first-order chi connectivity index (χ1) is 6.03. The highest BCUT2D eigenvalue weighted by molar-refractivity contribution is 5.74. The molecule has 0 spiro atoms. The largest absolute Gasteiger partial charge is 0.479 e. The lowest BCUT2D eigenvalue weighted by molar-refractivity contribution is -0.170. The Morgan fingerprint density at radius 2 is 2.15 bits per heavy atom. The van der Waals surface area contributed by atoms with Crippen molar-refractivity contribution in [1.29, 1.82) is 0 Å². The topological polar surface area (TPSA) is 65.0 Å². The maximum atomic E-state index is 10.8. The monoisotopic (exact) mass is 188 g/mol. The maximum absolute atomic E-state index is 10.8. The van der Waals surface area contributed by atoms with E-state index in [0.717, 1.165) is 0 Å². The summed E-state index contributed by atoms with van der Waals surface area (Å²) in [6, 6.07) is 0. The fourth-order valence-corrected chi connectivity index (χ4v) is 1.86. The van der Waals surface area contributed by atoms with E-state index in [-0.39, 0.29) is 12.9 Å². The van der Waals surface area contributed by atoms with Crippen LogP contribution in [0.1, 0.15) is 13.8 Å². The average Bonchev–Trinajstić information content (AvgIpc) is 2.52. The molecule has 2 aliphatic heterocycles. The van der Waals surface area contributed by atoms with E-state index in [2.05, 4.69) is 0 Å². The van der Waals surface area contributed by atoms with Gasteiger partial charge in [0, 0.05) is 5.41 Å². The lowest BCUT2D eigenvalue weighted by Gasteiger charge is -2.25. The molecule has 0 aliphatic carbocycles. The molecule has 0 amide bonds. The van der Waals surface area contributed by atoms with Gasteiger partial charge in [-0.25, -0.2) is 4.79 Å². The summed E-state index contributed by atoms with van der Waals surface area (Å²) >= 11 is 0. The van der Waals surface area contributed by atoms with Gasteiger partial charge < -0.3 is 19.3 Å². The van der Waals surface area contributed by atoms with Gasteiger partial charge in [0.1, 0.15) is 6.10 Å². The zero-order valence-electron chi connectivity index (χ0n) is 7.52. The molecule has 0 bridgehead atoms. The lowest BCUT2D eigenvalue weighted by atomic mass is 9.83. The Kier molecular flexibility index (Phi) is 1.83. The van der Waals surface area contributed by atoms with E-state index < -0.39 is 23.8 Å². The van der Waals surface area contributed by atoms with Crippen LogP contribution in [0.15, 0.2) is 0 Å². The fourth-order valence-electron chi connectivity index (χ4n) is 1.86. The smallest absolute Gasteiger partial charge is 0.333 e. The number of carboxylic acid groups (broad SMARTS) is 1. The second kappa shape index (κ2) is 2.67. The molecule has 2 fully saturated rings. The summed E-state index contributed by atoms with van der Waals surface area (Å²) in [6.07, 6.45) is -1.63. The summed E-state index contributed by atoms with van der Waals surface area (Å²) < 4.78 is 15.6. The number of fused-ring (bicyclic) bond motifs is 1. The maximum Gasteiger partial charge on any atom is 0.333 e. The van der Waals surface area contributed by atoms with Gasteiger partial charge in [-0.15, -0.1) is 0 Å². The number of rotatable bonds is 1. The van der Waals surface area contributed by atoms with E-state index in [1.165, 1.54) is 0 Å². The van der Waals surface area contributed by atoms with Gasteiger partial charge in [0.25, 0.3) is 0 Å². The van der Waals surface area contributed by atoms with Crippen molar-refractivity contribution in [3.05, 3.63) is 0 Å². The molecule has 2 heterocycles. The Morgan fingerprint density at radius 3 is 2.69 bits per heavy atom. The van der Waals surface area contributed by atoms with Crippen molar-refractivity contribution in [2.24, 2.45) is 5.41 Å². The van der Waals surface area contributed by atoms with Crippen LogP contribution in [0.2, 0.25) is 0 Å². The number of carboxylic acids is 1. The molecule has 2 rings (SSSR count). The van der Waals surface area contributed by atoms with Crippen LogP contribution in [0.5, 0.6) is 0 Å². The Bertz CT molecular complexity index is 237. The van der Waals surface area contributed by atoms with Crippen LogP contribution in [-0.2, 0) is 19.0 Å². The molecular formula is C8H12O5. The molecule has 0 aromatic heterocycles. The van der Waals surface area contributed by atoms with Crippen molar-refractivity contribution in [3.63, 3.8) is 0 Å². The van der Waals surface area contributed by atoms with E-state index in [9.17, 15) is 4.79 Å². The van der Waals surface area contributed by atoms with E-state index in [1.807, 2.05) is 13.8 Å². The third kappa shape index (κ3) is 1.15. The molecule has 13 heavy (non-hydrogen) atoms. The van der Waals surface area contributed by atoms with Crippen molar-refractivity contribution in [3.8, 4) is 0 Å². The van der Waals surface area contributed by atoms with E-state index in [1.54, 1.807) is 0 Å². The third-order valence-corrected chi connectivity index (χ3v) is 2.63. The van der Waals surface area contributed by atoms with Crippen LogP contribution in [0.3, 0.4) is 0 Å². The molecule has 5 nitrogen and oxygen atoms in total. The lowest BCUT2D eigenvalue weighted by Crippen LogP contribution is -2.39. The predicted octanol–water partition coefficient (Wildman–Crippen LogP) is 0.195. The standard InChI is InChI=1S/C8H12O5/c1-8(2)4(6(9)10)13-7-5(8)11-3-12-7/h4-5,7H,3H2,1-2H3,(H,9,10). The van der Waals surface area contributed by atoms with Crippen LogP contribution in [0.4, 0.5) is 0 Å². The molecule has 2 saturated heterocycles. The minimum atomic E-state index is -0.966. The van der Waals surface area contributed by atoms with Gasteiger partial charge in [0.15, 0.2) is 19.2 Å². The molecule has 0 saturated carbocycles. The first-order valence-electron chi connectivity index (χ1n) is 4.15. The van der Waals surface area contributed by atoms with Gasteiger partial charge in [0.05, 0.1) is 0 Å². The minimum absolute atomic E-state index is 0.186. The molecule has 1 N–H and O–H groups in total. The second-order valence-corrected chi connectivity index (χ2v) is 3.92. The van der Waals surface area contributed by atoms with Crippen LogP contribution < -0.4 is 0 Å². The molecule has 0 aromatic carbocycles. The zero-order chi connectivity index (χ0) is 9.64. The second-order valence-electron chi connectivity index (χ2n) is 3.92. The van der Waals surface area contributed by atoms with Crippen molar-refractivity contribution in [2.75, 3.05) is 6.79 Å². The first kappa shape index (κ1) is 8.93. The van der Waals surface area contributed by atoms with Crippen molar-refractivity contribution in [2.45, 2.75) is 32.3 Å². The Hall–Kier alpha value is -0.650. The summed E-state index contributed by atoms with van der Waals surface area (Å²) in [5.74, 6) is -0.966. The highest BCUT2D eigenvalue weighted by Gasteiger charge is 2.57. The van der Waals surface area contributed by atoms with Gasteiger partial charge in [-0.05, 0) is 0 Å². The first-order valence-corrected chi connectivity index (χ1v) is 4.15. The van der Waals surface area contributed by atoms with Crippen LogP contribution in [0, 0.1) is 5.41 Å². The Balaban J connectivity index is 2.23. The molecule has 5 heteroatoms. The van der Waals surface area contributed by atoms with Crippen LogP contribution in [0.25, 0.3) is 0 Å². The minimum Gasteiger partial charge on any atom is -0.479 e. The van der Waals surface area contributed by atoms with Gasteiger partial charge in [-0.3, -0.25) is 0 Å². The fraction of sp³-hybridized carbons (Fsp3) is 0.875. The molecule has 3 unspecified atom stereocenters. The highest BCUT2D eigenvalue weighted by atomic mass is 16.8. The van der Waals surface area contributed by atoms with Crippen LogP contribution >= 0.6 is 0 Å². The number of hydrogen-bond donors (Lipinski definition) is 1. The van der Waals surface area contributed by atoms with Crippen molar-refractivity contribution in [1.82, 2.24) is 0 Å². The Morgan fingerprint density at radius 1 is 1.46 bits per heavy atom. The summed E-state index contributed by atoms with van der Waals surface area (Å²) in [7, 11) is 0. The van der Waals surface area contributed by atoms with Crippen molar-refractivity contribution >= 4 is 5.97 Å². The zero-order valence-corrected chi connectivity index (χ0v) is 7.52. The average molecular weight is 188 g/mol. The number of hydrogen-bond acceptors (Lipinski definition) is 4. The summed E-state index contributed by atoms with van der Waals surface area (Å²) in [4.78, 5) is 10.8. The summed E-state index contributed by atoms with van der Waals surface area (Å²) in [5.41, 5.74) is -0.535. The van der Waals surface area contributed by atoms with Gasteiger partial charge in [-0.1, -0.05) is 13.8 Å². The number of aliphatic carboxylic acids is 1. The predicted molar refractivity (Wildman–Crippen MR) is 40.9 cm³/mol. The molecule has 3 atom stereocenters. The summed E-state index contributed by atoms with van der Waals surface area (Å²) in [5, 5.41) is 8.87. The van der Waals surface area contributed by atoms with Gasteiger partial charge in [0.2, 0.25) is 0 Å². The molecule has 2 aliphatic rings. The number of carbonyl (C=O) groups is 1. The van der Waals surface area contributed by atoms with E-state index in [4.69, 9.17) is 19.3 Å². The SMILES string of the molecule is CC1(C)C(C(=O)O)OC2OCOC21. The Labute approximate surface area is 75.6 Å². The van der Waals surface area contributed by atoms with Gasteiger partial charge in [-0.2, -0.15) is 0 Å². The quantitative estimate of drug-likeness (QED) is 0.636. The molecular weight excluding hydrogens is 176 g/mol. The summed E-state index contributed by atoms with van der Waals surface area (Å²) in [6.45, 7) is 3.81. The third-order valence-electron chi connectivity index (χ3n) is 2.63. The van der Waals surface area contributed by atoms with Crippen LogP contribution in [-0.4, -0.2) is 36.4 Å². The molecule has 74 valence electrons. The molecule has 0 radical (unpaired) electrons. The van der Waals surface area contributed by atoms with E-state index in [0.29, 0.717) is 0 Å². The van der Waals surface area contributed by atoms with E-state index >= 15 is 0 Å². The normalized spacial score (nSPS) is 41.8. The number of ether oxygens (including phenoxy) is 3. The molecule has 0 aromatic rings. The van der Waals surface area contributed by atoms with Crippen molar-refractivity contribution < 1.29 is 24.1 Å². The van der Waals surface area contributed by atoms with Gasteiger partial charge >= 0.3 is 5.97 Å².